The highest BCUT2D eigenvalue weighted by atomic mass is 31.2. The molecule has 11 nitrogen and oxygen atoms in total. The lowest BCUT2D eigenvalue weighted by Crippen LogP contribution is -2.30. The lowest BCUT2D eigenvalue weighted by molar-refractivity contribution is -0.161. The molecule has 0 fully saturated rings. The Labute approximate surface area is 449 Å². The molecule has 0 rings (SSSR count). The normalized spacial score (nSPS) is 14.4. The Morgan fingerprint density at radius 3 is 1.16 bits per heavy atom. The van der Waals surface area contributed by atoms with Crippen LogP contribution in [0.3, 0.4) is 0 Å². The zero-order valence-corrected chi connectivity index (χ0v) is 46.9. The Kier molecular flexibility index (Phi) is 51.6. The van der Waals surface area contributed by atoms with Gasteiger partial charge in [0, 0.05) is 19.3 Å². The molecule has 0 aromatic rings. The molecular formula is C62H99O11P. The standard InChI is InChI=1S/C62H99O11P/c1-4-7-10-13-16-19-22-25-28-29-32-35-38-41-44-47-50-53-62(66)73-59(55-69-60(64)51-48-45-42-39-36-33-30-26-23-20-17-14-11-8-5-2)57-71-74(67,68)70-56-58(54-63)72-61(65)52-49-46-43-40-37-34-31-27-24-21-18-15-12-9-6-3/h7-8,10-11,16-21,25-28,30-32,35-36,39,41,44,58-59,63H,4-6,9,12-15,22-24,29,33-34,37-38,40,42-43,45-57H2,1-3H3,(H,67,68)/b10-7-,11-8-,19-16-,20-17-,21-18-,28-25-,30-26-,31-27-,35-32-,39-36-,44-41-. The zero-order chi connectivity index (χ0) is 54.1. The Balaban J connectivity index is 4.90. The molecule has 0 amide bonds. The molecule has 3 unspecified atom stereocenters. The number of ether oxygens (including phenoxy) is 3. The van der Waals surface area contributed by atoms with Gasteiger partial charge in [-0.2, -0.15) is 0 Å². The monoisotopic (exact) mass is 1050 g/mol. The summed E-state index contributed by atoms with van der Waals surface area (Å²) < 4.78 is 39.4. The maximum Gasteiger partial charge on any atom is 0.472 e. The van der Waals surface area contributed by atoms with Crippen molar-refractivity contribution in [2.75, 3.05) is 26.4 Å². The minimum absolute atomic E-state index is 0.0715. The number of hydrogen-bond donors (Lipinski definition) is 2. The van der Waals surface area contributed by atoms with Crippen molar-refractivity contribution in [3.05, 3.63) is 134 Å². The summed E-state index contributed by atoms with van der Waals surface area (Å²) in [6, 6.07) is 0. The summed E-state index contributed by atoms with van der Waals surface area (Å²) in [5, 5.41) is 9.81. The highest BCUT2D eigenvalue weighted by Crippen LogP contribution is 2.43. The van der Waals surface area contributed by atoms with E-state index in [9.17, 15) is 28.9 Å². The number of unbranched alkanes of at least 4 members (excludes halogenated alkanes) is 11. The number of phosphoric acid groups is 1. The molecule has 12 heteroatoms. The van der Waals surface area contributed by atoms with Gasteiger partial charge in [0.25, 0.3) is 0 Å². The second kappa shape index (κ2) is 54.9. The first-order valence-electron chi connectivity index (χ1n) is 28.1. The first-order chi connectivity index (χ1) is 36.2. The van der Waals surface area contributed by atoms with Crippen LogP contribution in [0.25, 0.3) is 0 Å². The number of allylic oxidation sites excluding steroid dienone is 22. The predicted molar refractivity (Wildman–Crippen MR) is 306 cm³/mol. The number of phosphoric ester groups is 1. The molecule has 0 radical (unpaired) electrons. The third kappa shape index (κ3) is 52.5. The smallest absolute Gasteiger partial charge is 0.462 e. The van der Waals surface area contributed by atoms with E-state index in [2.05, 4.69) is 142 Å². The molecule has 0 aromatic heterocycles. The van der Waals surface area contributed by atoms with E-state index >= 15 is 0 Å². The Morgan fingerprint density at radius 2 is 0.716 bits per heavy atom. The van der Waals surface area contributed by atoms with Crippen LogP contribution in [0.15, 0.2) is 134 Å². The van der Waals surface area contributed by atoms with E-state index in [4.69, 9.17) is 23.3 Å². The Bertz CT molecular complexity index is 1750. The van der Waals surface area contributed by atoms with Crippen LogP contribution in [0.5, 0.6) is 0 Å². The van der Waals surface area contributed by atoms with E-state index in [1.54, 1.807) is 0 Å². The third-order valence-corrected chi connectivity index (χ3v) is 12.0. The van der Waals surface area contributed by atoms with Crippen LogP contribution in [-0.2, 0) is 42.2 Å². The van der Waals surface area contributed by atoms with Crippen LogP contribution in [0, 0.1) is 0 Å². The van der Waals surface area contributed by atoms with Crippen LogP contribution < -0.4 is 0 Å². The fourth-order valence-corrected chi connectivity index (χ4v) is 7.61. The SMILES string of the molecule is CC/C=C\C/C=C\C/C=C\C/C=C\C/C=C\CCCC(=O)OC(COC(=O)CCCC/C=C\C/C=C\C/C=C\C/C=C\CC)COP(=O)(O)OCC(CO)OC(=O)CCCCCCC/C=C\C/C=C\CCCCC. The number of hydrogen-bond acceptors (Lipinski definition) is 10. The van der Waals surface area contributed by atoms with E-state index in [1.807, 2.05) is 12.2 Å². The molecule has 0 saturated heterocycles. The molecule has 3 atom stereocenters. The van der Waals surface area contributed by atoms with Crippen LogP contribution in [0.1, 0.15) is 201 Å². The molecule has 74 heavy (non-hydrogen) atoms. The van der Waals surface area contributed by atoms with Gasteiger partial charge in [-0.3, -0.25) is 23.4 Å². The molecule has 0 aliphatic heterocycles. The number of aliphatic hydroxyl groups is 1. The average Bonchev–Trinajstić information content (AvgIpc) is 3.39. The van der Waals surface area contributed by atoms with Gasteiger partial charge in [-0.05, 0) is 128 Å². The highest BCUT2D eigenvalue weighted by Gasteiger charge is 2.28. The molecule has 2 N–H and O–H groups in total. The summed E-state index contributed by atoms with van der Waals surface area (Å²) in [5.74, 6) is -1.62. The number of carbonyl (C=O) groups excluding carboxylic acids is 3. The van der Waals surface area contributed by atoms with Gasteiger partial charge in [0.2, 0.25) is 0 Å². The van der Waals surface area contributed by atoms with Crippen LogP contribution in [0.4, 0.5) is 0 Å². The van der Waals surface area contributed by atoms with Crippen LogP contribution in [0.2, 0.25) is 0 Å². The van der Waals surface area contributed by atoms with Gasteiger partial charge >= 0.3 is 25.7 Å². The molecule has 0 spiro atoms. The maximum atomic E-state index is 12.9. The zero-order valence-electron chi connectivity index (χ0n) is 46.0. The fourth-order valence-electron chi connectivity index (χ4n) is 6.82. The fraction of sp³-hybridized carbons (Fsp3) is 0.597. The van der Waals surface area contributed by atoms with Gasteiger partial charge < -0.3 is 24.2 Å². The quantitative estimate of drug-likeness (QED) is 0.0197. The van der Waals surface area contributed by atoms with E-state index < -0.39 is 57.8 Å². The topological polar surface area (TPSA) is 155 Å². The first kappa shape index (κ1) is 69.6. The molecule has 418 valence electrons. The summed E-state index contributed by atoms with van der Waals surface area (Å²) in [7, 11) is -4.78. The molecule has 0 aliphatic carbocycles. The number of aliphatic hydroxyl groups excluding tert-OH is 1. The van der Waals surface area contributed by atoms with Gasteiger partial charge in [0.05, 0.1) is 19.8 Å². The van der Waals surface area contributed by atoms with E-state index in [0.717, 1.165) is 116 Å². The number of rotatable bonds is 50. The van der Waals surface area contributed by atoms with E-state index in [0.29, 0.717) is 25.7 Å². The first-order valence-corrected chi connectivity index (χ1v) is 29.6. The molecular weight excluding hydrogens is 952 g/mol. The average molecular weight is 1050 g/mol. The number of carbonyl (C=O) groups is 3. The molecule has 0 saturated carbocycles. The Hall–Kier alpha value is -4.38. The Morgan fingerprint density at radius 1 is 0.392 bits per heavy atom. The number of esters is 3. The largest absolute Gasteiger partial charge is 0.472 e. The van der Waals surface area contributed by atoms with Crippen molar-refractivity contribution in [3.63, 3.8) is 0 Å². The minimum Gasteiger partial charge on any atom is -0.462 e. The van der Waals surface area contributed by atoms with Gasteiger partial charge in [0.1, 0.15) is 12.7 Å². The second-order valence-electron chi connectivity index (χ2n) is 18.0. The van der Waals surface area contributed by atoms with Crippen molar-refractivity contribution in [3.8, 4) is 0 Å². The summed E-state index contributed by atoms with van der Waals surface area (Å²) in [6.45, 7) is 4.23. The van der Waals surface area contributed by atoms with Crippen molar-refractivity contribution in [2.45, 2.75) is 213 Å². The highest BCUT2D eigenvalue weighted by molar-refractivity contribution is 7.47. The summed E-state index contributed by atoms with van der Waals surface area (Å²) >= 11 is 0. The summed E-state index contributed by atoms with van der Waals surface area (Å²) in [4.78, 5) is 48.5. The predicted octanol–water partition coefficient (Wildman–Crippen LogP) is 16.6. The van der Waals surface area contributed by atoms with E-state index in [1.165, 1.54) is 19.3 Å². The van der Waals surface area contributed by atoms with Crippen molar-refractivity contribution < 1.29 is 52.2 Å². The second-order valence-corrected chi connectivity index (χ2v) is 19.4. The molecule has 0 bridgehead atoms. The lowest BCUT2D eigenvalue weighted by atomic mass is 10.1. The van der Waals surface area contributed by atoms with Crippen molar-refractivity contribution in [1.29, 1.82) is 0 Å². The van der Waals surface area contributed by atoms with Crippen molar-refractivity contribution >= 4 is 25.7 Å². The molecule has 0 aliphatic rings. The van der Waals surface area contributed by atoms with Crippen LogP contribution in [-0.4, -0.2) is 66.5 Å². The van der Waals surface area contributed by atoms with Gasteiger partial charge in [-0.25, -0.2) is 4.57 Å². The van der Waals surface area contributed by atoms with Crippen molar-refractivity contribution in [1.82, 2.24) is 0 Å². The van der Waals surface area contributed by atoms with E-state index in [-0.39, 0.29) is 25.9 Å². The lowest BCUT2D eigenvalue weighted by Gasteiger charge is -2.21. The summed E-state index contributed by atoms with van der Waals surface area (Å²) in [5.41, 5.74) is 0. The van der Waals surface area contributed by atoms with Gasteiger partial charge in [0.15, 0.2) is 6.10 Å². The van der Waals surface area contributed by atoms with Crippen molar-refractivity contribution in [2.24, 2.45) is 0 Å². The van der Waals surface area contributed by atoms with Gasteiger partial charge in [-0.15, -0.1) is 0 Å². The molecule has 0 heterocycles. The maximum absolute atomic E-state index is 12.9. The molecule has 0 aromatic carbocycles. The summed E-state index contributed by atoms with van der Waals surface area (Å²) in [6.07, 6.45) is 68.5. The van der Waals surface area contributed by atoms with Crippen LogP contribution >= 0.6 is 7.82 Å². The minimum atomic E-state index is -4.78. The van der Waals surface area contributed by atoms with Gasteiger partial charge in [-0.1, -0.05) is 187 Å². The third-order valence-electron chi connectivity index (χ3n) is 11.0.